The lowest BCUT2D eigenvalue weighted by molar-refractivity contribution is -0.119. The highest BCUT2D eigenvalue weighted by molar-refractivity contribution is 7.48. The average molecular weight is 223 g/mol. The number of carbonyl (C=O) groups is 1. The van der Waals surface area contributed by atoms with E-state index in [2.05, 4.69) is 14.4 Å². The molecule has 0 rings (SSSR count). The van der Waals surface area contributed by atoms with Crippen molar-refractivity contribution in [1.82, 2.24) is 5.32 Å². The fourth-order valence-corrected chi connectivity index (χ4v) is 1.35. The van der Waals surface area contributed by atoms with Crippen molar-refractivity contribution in [3.63, 3.8) is 0 Å². The van der Waals surface area contributed by atoms with Gasteiger partial charge in [-0.2, -0.15) is 0 Å². The lowest BCUT2D eigenvalue weighted by atomic mass is 10.4. The van der Waals surface area contributed by atoms with Gasteiger partial charge < -0.3 is 9.84 Å². The van der Waals surface area contributed by atoms with E-state index in [-0.39, 0.29) is 5.76 Å². The van der Waals surface area contributed by atoms with Gasteiger partial charge in [0.2, 0.25) is 0 Å². The number of nitrogens with one attached hydrogen (secondary N) is 1. The Balaban J connectivity index is 4.63. The zero-order valence-corrected chi connectivity index (χ0v) is 9.46. The van der Waals surface area contributed by atoms with Gasteiger partial charge in [0.15, 0.2) is 5.76 Å². The standard InChI is InChI=1S/C7H14NO5P/c1-5-6(7(9)8-2)13-14(10,11-3)12-4/h5H,1-4H3,(H,8,9). The van der Waals surface area contributed by atoms with E-state index in [0.717, 1.165) is 0 Å². The lowest BCUT2D eigenvalue weighted by Crippen LogP contribution is -2.21. The SMILES string of the molecule is CC=C(OP(=O)(OC)OC)C(=O)NC. The molecule has 0 aromatic carbocycles. The van der Waals surface area contributed by atoms with Crippen LogP contribution >= 0.6 is 7.82 Å². The van der Waals surface area contributed by atoms with Crippen LogP contribution in [0.25, 0.3) is 0 Å². The summed E-state index contributed by atoms with van der Waals surface area (Å²) in [6, 6.07) is 0. The van der Waals surface area contributed by atoms with Gasteiger partial charge >= 0.3 is 7.82 Å². The van der Waals surface area contributed by atoms with E-state index in [9.17, 15) is 9.36 Å². The molecule has 0 saturated carbocycles. The molecule has 14 heavy (non-hydrogen) atoms. The second-order valence-electron chi connectivity index (χ2n) is 2.14. The van der Waals surface area contributed by atoms with Crippen molar-refractivity contribution in [3.05, 3.63) is 11.8 Å². The summed E-state index contributed by atoms with van der Waals surface area (Å²) in [4.78, 5) is 11.1. The van der Waals surface area contributed by atoms with Crippen LogP contribution in [0.2, 0.25) is 0 Å². The molecule has 7 heteroatoms. The largest absolute Gasteiger partial charge is 0.529 e. The van der Waals surface area contributed by atoms with Crippen molar-refractivity contribution < 1.29 is 22.9 Å². The monoisotopic (exact) mass is 223 g/mol. The third kappa shape index (κ3) is 3.49. The first-order valence-corrected chi connectivity index (χ1v) is 5.28. The lowest BCUT2D eigenvalue weighted by Gasteiger charge is -2.15. The first-order valence-electron chi connectivity index (χ1n) is 3.82. The van der Waals surface area contributed by atoms with E-state index in [1.165, 1.54) is 27.3 Å². The molecule has 0 aromatic rings. The molecule has 0 bridgehead atoms. The molecular weight excluding hydrogens is 209 g/mol. The maximum atomic E-state index is 11.5. The Morgan fingerprint density at radius 3 is 2.14 bits per heavy atom. The van der Waals surface area contributed by atoms with Crippen LogP contribution in [-0.2, 0) is 22.9 Å². The van der Waals surface area contributed by atoms with Gasteiger partial charge in [-0.05, 0) is 13.0 Å². The van der Waals surface area contributed by atoms with Crippen molar-refractivity contribution in [3.8, 4) is 0 Å². The van der Waals surface area contributed by atoms with Gasteiger partial charge in [0.25, 0.3) is 5.91 Å². The Bertz CT molecular complexity index is 267. The van der Waals surface area contributed by atoms with E-state index in [1.807, 2.05) is 0 Å². The minimum absolute atomic E-state index is 0.112. The van der Waals surface area contributed by atoms with Gasteiger partial charge in [-0.1, -0.05) is 0 Å². The molecule has 0 radical (unpaired) electrons. The summed E-state index contributed by atoms with van der Waals surface area (Å²) in [5.41, 5.74) is 0. The Hall–Kier alpha value is -0.840. The number of hydrogen-bond donors (Lipinski definition) is 1. The molecule has 0 aliphatic heterocycles. The van der Waals surface area contributed by atoms with E-state index in [0.29, 0.717) is 0 Å². The van der Waals surface area contributed by atoms with Gasteiger partial charge in [0.05, 0.1) is 0 Å². The van der Waals surface area contributed by atoms with E-state index in [1.54, 1.807) is 6.92 Å². The topological polar surface area (TPSA) is 73.9 Å². The summed E-state index contributed by atoms with van der Waals surface area (Å²) in [6.07, 6.45) is 1.36. The minimum atomic E-state index is -3.65. The molecule has 0 spiro atoms. The summed E-state index contributed by atoms with van der Waals surface area (Å²) >= 11 is 0. The first-order chi connectivity index (χ1) is 6.52. The fourth-order valence-electron chi connectivity index (χ4n) is 0.618. The van der Waals surface area contributed by atoms with Gasteiger partial charge in [0, 0.05) is 21.3 Å². The zero-order valence-electron chi connectivity index (χ0n) is 8.57. The van der Waals surface area contributed by atoms with Crippen molar-refractivity contribution in [2.45, 2.75) is 6.92 Å². The van der Waals surface area contributed by atoms with E-state index < -0.39 is 13.7 Å². The number of phosphoric acid groups is 1. The molecule has 82 valence electrons. The summed E-state index contributed by atoms with van der Waals surface area (Å²) in [7, 11) is 0.116. The van der Waals surface area contributed by atoms with Crippen molar-refractivity contribution in [2.75, 3.05) is 21.3 Å². The molecule has 0 heterocycles. The van der Waals surface area contributed by atoms with Crippen molar-refractivity contribution >= 4 is 13.7 Å². The highest BCUT2D eigenvalue weighted by Crippen LogP contribution is 2.49. The third-order valence-electron chi connectivity index (χ3n) is 1.37. The molecule has 1 amide bonds. The van der Waals surface area contributed by atoms with Gasteiger partial charge in [0.1, 0.15) is 0 Å². The molecule has 0 unspecified atom stereocenters. The number of allylic oxidation sites excluding steroid dienone is 1. The molecule has 0 atom stereocenters. The van der Waals surface area contributed by atoms with Crippen LogP contribution in [0.5, 0.6) is 0 Å². The quantitative estimate of drug-likeness (QED) is 0.428. The van der Waals surface area contributed by atoms with Gasteiger partial charge in [-0.25, -0.2) is 4.57 Å². The highest BCUT2D eigenvalue weighted by Gasteiger charge is 2.27. The number of likely N-dealkylation sites (N-methyl/N-ethyl adjacent to an activating group) is 1. The van der Waals surface area contributed by atoms with Crippen LogP contribution < -0.4 is 5.32 Å². The number of hydrogen-bond acceptors (Lipinski definition) is 5. The van der Waals surface area contributed by atoms with Gasteiger partial charge in [-0.3, -0.25) is 13.8 Å². The molecule has 0 saturated heterocycles. The fraction of sp³-hybridized carbons (Fsp3) is 0.571. The average Bonchev–Trinajstić information content (AvgIpc) is 2.24. The Morgan fingerprint density at radius 1 is 1.36 bits per heavy atom. The number of amides is 1. The molecule has 6 nitrogen and oxygen atoms in total. The summed E-state index contributed by atoms with van der Waals surface area (Å²) < 4.78 is 25.3. The van der Waals surface area contributed by atoms with Crippen LogP contribution in [-0.4, -0.2) is 27.2 Å². The summed E-state index contributed by atoms with van der Waals surface area (Å²) in [6.45, 7) is 1.57. The normalized spacial score (nSPS) is 12.4. The molecular formula is C7H14NO5P. The second-order valence-corrected chi connectivity index (χ2v) is 3.94. The highest BCUT2D eigenvalue weighted by atomic mass is 31.2. The molecule has 0 aromatic heterocycles. The van der Waals surface area contributed by atoms with Crippen LogP contribution in [0.15, 0.2) is 11.8 Å². The predicted octanol–water partition coefficient (Wildman–Crippen LogP) is 1.05. The van der Waals surface area contributed by atoms with Crippen LogP contribution in [0.1, 0.15) is 6.92 Å². The first kappa shape index (κ1) is 13.2. The van der Waals surface area contributed by atoms with Crippen molar-refractivity contribution in [2.24, 2.45) is 0 Å². The third-order valence-corrected chi connectivity index (χ3v) is 2.69. The molecule has 0 aliphatic rings. The minimum Gasteiger partial charge on any atom is -0.398 e. The van der Waals surface area contributed by atoms with Crippen LogP contribution in [0.4, 0.5) is 0 Å². The number of carbonyl (C=O) groups excluding carboxylic acids is 1. The number of rotatable bonds is 5. The Morgan fingerprint density at radius 2 is 1.86 bits per heavy atom. The molecule has 1 N–H and O–H groups in total. The summed E-state index contributed by atoms with van der Waals surface area (Å²) in [5.74, 6) is -0.610. The predicted molar refractivity (Wildman–Crippen MR) is 50.5 cm³/mol. The maximum Gasteiger partial charge on any atom is 0.529 e. The number of phosphoric ester groups is 1. The summed E-state index contributed by atoms with van der Waals surface area (Å²) in [5, 5.41) is 2.32. The smallest absolute Gasteiger partial charge is 0.398 e. The van der Waals surface area contributed by atoms with Crippen LogP contribution in [0.3, 0.4) is 0 Å². The van der Waals surface area contributed by atoms with Gasteiger partial charge in [-0.15, -0.1) is 0 Å². The zero-order chi connectivity index (χ0) is 11.2. The van der Waals surface area contributed by atoms with E-state index >= 15 is 0 Å². The van der Waals surface area contributed by atoms with Crippen molar-refractivity contribution in [1.29, 1.82) is 0 Å². The van der Waals surface area contributed by atoms with Crippen LogP contribution in [0, 0.1) is 0 Å². The molecule has 0 aliphatic carbocycles. The Labute approximate surface area is 82.8 Å². The second kappa shape index (κ2) is 5.80. The molecule has 0 fully saturated rings. The Kier molecular flexibility index (Phi) is 5.45. The van der Waals surface area contributed by atoms with E-state index in [4.69, 9.17) is 4.52 Å². The maximum absolute atomic E-state index is 11.5.